The van der Waals surface area contributed by atoms with Crippen LogP contribution in [0, 0.1) is 5.82 Å². The van der Waals surface area contributed by atoms with Crippen LogP contribution < -0.4 is 15.6 Å². The summed E-state index contributed by atoms with van der Waals surface area (Å²) in [6.45, 7) is 3.62. The van der Waals surface area contributed by atoms with Crippen molar-refractivity contribution in [3.8, 4) is 11.5 Å². The highest BCUT2D eigenvalue weighted by Gasteiger charge is 2.29. The number of pyridine rings is 2. The van der Waals surface area contributed by atoms with Gasteiger partial charge in [0, 0.05) is 38.4 Å². The van der Waals surface area contributed by atoms with Crippen LogP contribution in [0.4, 0.5) is 10.2 Å². The number of H-pyrrole nitrogens is 1. The molecule has 2 aromatic heterocycles. The molecule has 0 spiro atoms. The van der Waals surface area contributed by atoms with E-state index >= 15 is 0 Å². The Bertz CT molecular complexity index is 1260. The van der Waals surface area contributed by atoms with Gasteiger partial charge in [0.15, 0.2) is 0 Å². The zero-order valence-electron chi connectivity index (χ0n) is 18.8. The fourth-order valence-corrected chi connectivity index (χ4v) is 3.88. The van der Waals surface area contributed by atoms with Crippen LogP contribution in [0.5, 0.6) is 11.5 Å². The SMILES string of the molecule is C[C@@H](C(=O)Nc1ccc(Oc2ccc(F)cc2)cn1)N1CCN(C(=O)c2c[nH]c(=O)cc2Cl)CC1. The molecule has 1 aromatic carbocycles. The van der Waals surface area contributed by atoms with Crippen LogP contribution >= 0.6 is 11.6 Å². The first-order valence-corrected chi connectivity index (χ1v) is 11.3. The highest BCUT2D eigenvalue weighted by atomic mass is 35.5. The summed E-state index contributed by atoms with van der Waals surface area (Å²) in [4.78, 5) is 47.1. The van der Waals surface area contributed by atoms with E-state index in [0.717, 1.165) is 0 Å². The molecule has 1 fully saturated rings. The monoisotopic (exact) mass is 499 g/mol. The summed E-state index contributed by atoms with van der Waals surface area (Å²) in [6.07, 6.45) is 2.79. The molecule has 4 rings (SSSR count). The van der Waals surface area contributed by atoms with Crippen LogP contribution in [0.2, 0.25) is 5.02 Å². The molecule has 11 heteroatoms. The second-order valence-electron chi connectivity index (χ2n) is 7.99. The molecule has 2 amide bonds. The van der Waals surface area contributed by atoms with Crippen molar-refractivity contribution in [1.82, 2.24) is 19.8 Å². The molecule has 0 unspecified atom stereocenters. The van der Waals surface area contributed by atoms with Crippen LogP contribution in [-0.4, -0.2) is 63.8 Å². The molecule has 3 aromatic rings. The standard InChI is InChI=1S/C24H23ClFN5O4/c1-15(30-8-10-31(11-9-30)24(34)19-14-28-22(32)12-20(19)25)23(33)29-21-7-6-18(13-27-21)35-17-4-2-16(26)3-5-17/h2-7,12-15H,8-11H2,1H3,(H,28,32)(H,27,29,33)/t15-/m0/s1. The molecule has 182 valence electrons. The number of anilines is 1. The molecule has 3 heterocycles. The summed E-state index contributed by atoms with van der Waals surface area (Å²) in [5.41, 5.74) is -0.135. The predicted octanol–water partition coefficient (Wildman–Crippen LogP) is 3.14. The first-order chi connectivity index (χ1) is 16.8. The van der Waals surface area contributed by atoms with E-state index in [2.05, 4.69) is 15.3 Å². The Kier molecular flexibility index (Phi) is 7.42. The number of benzene rings is 1. The Balaban J connectivity index is 1.28. The van der Waals surface area contributed by atoms with Gasteiger partial charge < -0.3 is 19.9 Å². The quantitative estimate of drug-likeness (QED) is 0.539. The fourth-order valence-electron chi connectivity index (χ4n) is 3.64. The zero-order chi connectivity index (χ0) is 24.9. The van der Waals surface area contributed by atoms with E-state index in [1.54, 1.807) is 24.0 Å². The second-order valence-corrected chi connectivity index (χ2v) is 8.39. The molecular formula is C24H23ClFN5O4. The molecule has 0 saturated carbocycles. The van der Waals surface area contributed by atoms with Gasteiger partial charge in [0.2, 0.25) is 11.5 Å². The maximum absolute atomic E-state index is 13.0. The molecule has 0 radical (unpaired) electrons. The number of nitrogens with zero attached hydrogens (tertiary/aromatic N) is 3. The Morgan fingerprint density at radius 1 is 1.11 bits per heavy atom. The zero-order valence-corrected chi connectivity index (χ0v) is 19.6. The molecule has 2 N–H and O–H groups in total. The minimum Gasteiger partial charge on any atom is -0.456 e. The fraction of sp³-hybridized carbons (Fsp3) is 0.250. The summed E-state index contributed by atoms with van der Waals surface area (Å²) in [7, 11) is 0. The van der Waals surface area contributed by atoms with Gasteiger partial charge >= 0.3 is 0 Å². The Morgan fingerprint density at radius 2 is 1.80 bits per heavy atom. The summed E-state index contributed by atoms with van der Waals surface area (Å²) in [5.74, 6) is 0.442. The van der Waals surface area contributed by atoms with E-state index < -0.39 is 6.04 Å². The van der Waals surface area contributed by atoms with Crippen molar-refractivity contribution in [1.29, 1.82) is 0 Å². The molecule has 35 heavy (non-hydrogen) atoms. The van der Waals surface area contributed by atoms with Gasteiger partial charge in [0.1, 0.15) is 23.1 Å². The van der Waals surface area contributed by atoms with Gasteiger partial charge in [-0.15, -0.1) is 0 Å². The van der Waals surface area contributed by atoms with Gasteiger partial charge in [-0.2, -0.15) is 0 Å². The van der Waals surface area contributed by atoms with Crippen LogP contribution in [0.3, 0.4) is 0 Å². The number of aromatic amines is 1. The van der Waals surface area contributed by atoms with Crippen LogP contribution in [0.25, 0.3) is 0 Å². The topological polar surface area (TPSA) is 108 Å². The number of nitrogens with one attached hydrogen (secondary N) is 2. The van der Waals surface area contributed by atoms with Crippen molar-refractivity contribution in [3.63, 3.8) is 0 Å². The normalized spacial score (nSPS) is 14.9. The average Bonchev–Trinajstić information content (AvgIpc) is 2.86. The van der Waals surface area contributed by atoms with Crippen molar-refractivity contribution < 1.29 is 18.7 Å². The Morgan fingerprint density at radius 3 is 2.43 bits per heavy atom. The molecule has 1 aliphatic heterocycles. The summed E-state index contributed by atoms with van der Waals surface area (Å²) in [6, 6.07) is 9.62. The van der Waals surface area contributed by atoms with E-state index in [-0.39, 0.29) is 33.8 Å². The van der Waals surface area contributed by atoms with Gasteiger partial charge in [0.25, 0.3) is 5.91 Å². The smallest absolute Gasteiger partial charge is 0.256 e. The van der Waals surface area contributed by atoms with E-state index in [4.69, 9.17) is 16.3 Å². The molecule has 9 nitrogen and oxygen atoms in total. The number of carbonyl (C=O) groups excluding carboxylic acids is 2. The minimum atomic E-state index is -0.444. The summed E-state index contributed by atoms with van der Waals surface area (Å²) in [5, 5.41) is 2.89. The van der Waals surface area contributed by atoms with E-state index in [9.17, 15) is 18.8 Å². The van der Waals surface area contributed by atoms with Gasteiger partial charge in [-0.25, -0.2) is 9.37 Å². The third-order valence-corrected chi connectivity index (χ3v) is 5.98. The van der Waals surface area contributed by atoms with Gasteiger partial charge in [-0.1, -0.05) is 11.6 Å². The third kappa shape index (κ3) is 6.03. The molecule has 1 aliphatic rings. The number of rotatable bonds is 6. The summed E-state index contributed by atoms with van der Waals surface area (Å²) >= 11 is 6.04. The van der Waals surface area contributed by atoms with E-state index in [1.807, 2.05) is 4.90 Å². The maximum Gasteiger partial charge on any atom is 0.256 e. The number of hydrogen-bond donors (Lipinski definition) is 2. The number of halogens is 2. The number of ether oxygens (including phenoxy) is 1. The third-order valence-electron chi connectivity index (χ3n) is 5.67. The van der Waals surface area contributed by atoms with Crippen molar-refractivity contribution in [2.75, 3.05) is 31.5 Å². The van der Waals surface area contributed by atoms with Crippen LogP contribution in [0.1, 0.15) is 17.3 Å². The molecule has 1 atom stereocenters. The average molecular weight is 500 g/mol. The minimum absolute atomic E-state index is 0.107. The first-order valence-electron chi connectivity index (χ1n) is 10.9. The van der Waals surface area contributed by atoms with Crippen LogP contribution in [-0.2, 0) is 4.79 Å². The first kappa shape index (κ1) is 24.4. The number of hydrogen-bond acceptors (Lipinski definition) is 6. The van der Waals surface area contributed by atoms with Crippen molar-refractivity contribution in [2.24, 2.45) is 0 Å². The lowest BCUT2D eigenvalue weighted by atomic mass is 10.2. The molecule has 1 saturated heterocycles. The second kappa shape index (κ2) is 10.7. The summed E-state index contributed by atoms with van der Waals surface area (Å²) < 4.78 is 18.6. The molecule has 0 aliphatic carbocycles. The van der Waals surface area contributed by atoms with Gasteiger partial charge in [0.05, 0.1) is 22.8 Å². The van der Waals surface area contributed by atoms with Crippen molar-refractivity contribution >= 4 is 29.2 Å². The lowest BCUT2D eigenvalue weighted by molar-refractivity contribution is -0.121. The molecular weight excluding hydrogens is 477 g/mol. The van der Waals surface area contributed by atoms with Crippen molar-refractivity contribution in [2.45, 2.75) is 13.0 Å². The number of carbonyl (C=O) groups is 2. The van der Waals surface area contributed by atoms with Crippen molar-refractivity contribution in [3.05, 3.63) is 81.6 Å². The lowest BCUT2D eigenvalue weighted by Gasteiger charge is -2.37. The largest absolute Gasteiger partial charge is 0.456 e. The van der Waals surface area contributed by atoms with E-state index in [1.165, 1.54) is 42.7 Å². The Labute approximate surface area is 205 Å². The van der Waals surface area contributed by atoms with Gasteiger partial charge in [-0.3, -0.25) is 19.3 Å². The number of piperazine rings is 1. The van der Waals surface area contributed by atoms with Gasteiger partial charge in [-0.05, 0) is 43.3 Å². The Hall–Kier alpha value is -3.76. The predicted molar refractivity (Wildman–Crippen MR) is 128 cm³/mol. The lowest BCUT2D eigenvalue weighted by Crippen LogP contribution is -2.54. The molecule has 0 bridgehead atoms. The number of amides is 2. The maximum atomic E-state index is 13.0. The van der Waals surface area contributed by atoms with Crippen LogP contribution in [0.15, 0.2) is 59.7 Å². The highest BCUT2D eigenvalue weighted by molar-refractivity contribution is 6.33. The number of aromatic nitrogens is 2. The highest BCUT2D eigenvalue weighted by Crippen LogP contribution is 2.22. The van der Waals surface area contributed by atoms with E-state index in [0.29, 0.717) is 43.5 Å².